The van der Waals surface area contributed by atoms with Gasteiger partial charge in [0.1, 0.15) is 17.7 Å². The van der Waals surface area contributed by atoms with Crippen LogP contribution in [-0.4, -0.2) is 4.98 Å². The van der Waals surface area contributed by atoms with Crippen LogP contribution in [0, 0.1) is 23.0 Å². The fourth-order valence-corrected chi connectivity index (χ4v) is 1.42. The van der Waals surface area contributed by atoms with Crippen LogP contribution in [0.1, 0.15) is 5.56 Å². The molecular formula is C12H6F2N2. The van der Waals surface area contributed by atoms with Crippen LogP contribution in [0.15, 0.2) is 36.7 Å². The number of halogens is 2. The number of nitriles is 1. The van der Waals surface area contributed by atoms with Gasteiger partial charge in [-0.2, -0.15) is 5.26 Å². The average molecular weight is 216 g/mol. The molecule has 0 saturated carbocycles. The van der Waals surface area contributed by atoms with Gasteiger partial charge in [-0.25, -0.2) is 8.78 Å². The van der Waals surface area contributed by atoms with E-state index in [0.29, 0.717) is 5.56 Å². The average Bonchev–Trinajstić information content (AvgIpc) is 2.32. The lowest BCUT2D eigenvalue weighted by molar-refractivity contribution is 0.603. The monoisotopic (exact) mass is 216 g/mol. The van der Waals surface area contributed by atoms with E-state index in [1.807, 2.05) is 6.07 Å². The summed E-state index contributed by atoms with van der Waals surface area (Å²) in [7, 11) is 0. The Morgan fingerprint density at radius 1 is 1.12 bits per heavy atom. The smallest absolute Gasteiger partial charge is 0.131 e. The van der Waals surface area contributed by atoms with Crippen LogP contribution in [0.4, 0.5) is 8.78 Å². The van der Waals surface area contributed by atoms with Gasteiger partial charge < -0.3 is 0 Å². The number of benzene rings is 1. The zero-order chi connectivity index (χ0) is 11.5. The number of aromatic nitrogens is 1. The summed E-state index contributed by atoms with van der Waals surface area (Å²) >= 11 is 0. The van der Waals surface area contributed by atoms with E-state index in [9.17, 15) is 8.78 Å². The van der Waals surface area contributed by atoms with Crippen LogP contribution < -0.4 is 0 Å². The van der Waals surface area contributed by atoms with Gasteiger partial charge in [0.25, 0.3) is 0 Å². The molecule has 1 heterocycles. The number of nitrogens with zero attached hydrogens (tertiary/aromatic N) is 2. The summed E-state index contributed by atoms with van der Waals surface area (Å²) in [5.74, 6) is -1.11. The number of rotatable bonds is 1. The molecule has 0 atom stereocenters. The first-order valence-electron chi connectivity index (χ1n) is 4.52. The van der Waals surface area contributed by atoms with Crippen molar-refractivity contribution in [3.63, 3.8) is 0 Å². The van der Waals surface area contributed by atoms with Crippen molar-refractivity contribution < 1.29 is 8.78 Å². The second-order valence-corrected chi connectivity index (χ2v) is 3.16. The van der Waals surface area contributed by atoms with Gasteiger partial charge in [-0.3, -0.25) is 4.98 Å². The van der Waals surface area contributed by atoms with Crippen LogP contribution in [-0.2, 0) is 0 Å². The fourth-order valence-electron chi connectivity index (χ4n) is 1.42. The molecule has 0 aliphatic carbocycles. The number of hydrogen-bond acceptors (Lipinski definition) is 2. The highest BCUT2D eigenvalue weighted by Gasteiger charge is 2.10. The molecule has 0 aliphatic heterocycles. The standard InChI is InChI=1S/C12H6F2N2/c13-9-1-2-12(14)11(5-9)10-3-4-16-7-8(10)6-15/h1-5,7H. The van der Waals surface area contributed by atoms with E-state index in [-0.39, 0.29) is 11.1 Å². The van der Waals surface area contributed by atoms with Gasteiger partial charge in [0.05, 0.1) is 5.56 Å². The molecule has 1 aromatic carbocycles. The molecule has 0 unspecified atom stereocenters. The molecule has 2 nitrogen and oxygen atoms in total. The van der Waals surface area contributed by atoms with Gasteiger partial charge >= 0.3 is 0 Å². The fraction of sp³-hybridized carbons (Fsp3) is 0. The molecule has 0 saturated heterocycles. The van der Waals surface area contributed by atoms with Crippen molar-refractivity contribution in [2.45, 2.75) is 0 Å². The van der Waals surface area contributed by atoms with Gasteiger partial charge in [0.15, 0.2) is 0 Å². The highest BCUT2D eigenvalue weighted by atomic mass is 19.1. The Hall–Kier alpha value is -2.28. The Kier molecular flexibility index (Phi) is 2.61. The Labute approximate surface area is 90.8 Å². The maximum Gasteiger partial charge on any atom is 0.131 e. The predicted molar refractivity (Wildman–Crippen MR) is 54.3 cm³/mol. The second kappa shape index (κ2) is 4.07. The first-order valence-corrected chi connectivity index (χ1v) is 4.52. The summed E-state index contributed by atoms with van der Waals surface area (Å²) in [5, 5.41) is 8.83. The Balaban J connectivity index is 2.68. The molecular weight excluding hydrogens is 210 g/mol. The first kappa shape index (κ1) is 10.2. The summed E-state index contributed by atoms with van der Waals surface area (Å²) in [5.41, 5.74) is 0.625. The lowest BCUT2D eigenvalue weighted by Crippen LogP contribution is -1.90. The predicted octanol–water partition coefficient (Wildman–Crippen LogP) is 2.90. The third-order valence-electron chi connectivity index (χ3n) is 2.16. The molecule has 0 bridgehead atoms. The molecule has 1 aromatic heterocycles. The van der Waals surface area contributed by atoms with Crippen LogP contribution in [0.25, 0.3) is 11.1 Å². The van der Waals surface area contributed by atoms with Gasteiger partial charge in [0.2, 0.25) is 0 Å². The molecule has 16 heavy (non-hydrogen) atoms. The SMILES string of the molecule is N#Cc1cnccc1-c1cc(F)ccc1F. The molecule has 2 aromatic rings. The van der Waals surface area contributed by atoms with Crippen LogP contribution >= 0.6 is 0 Å². The molecule has 0 spiro atoms. The summed E-state index contributed by atoms with van der Waals surface area (Å²) < 4.78 is 26.5. The zero-order valence-corrected chi connectivity index (χ0v) is 8.11. The zero-order valence-electron chi connectivity index (χ0n) is 8.11. The molecule has 78 valence electrons. The molecule has 0 amide bonds. The quantitative estimate of drug-likeness (QED) is 0.734. The highest BCUT2D eigenvalue weighted by molar-refractivity contribution is 5.70. The Bertz CT molecular complexity index is 573. The van der Waals surface area contributed by atoms with Gasteiger partial charge in [-0.05, 0) is 24.3 Å². The van der Waals surface area contributed by atoms with Gasteiger partial charge in [0, 0.05) is 23.5 Å². The highest BCUT2D eigenvalue weighted by Crippen LogP contribution is 2.25. The van der Waals surface area contributed by atoms with E-state index in [2.05, 4.69) is 4.98 Å². The third kappa shape index (κ3) is 1.75. The largest absolute Gasteiger partial charge is 0.263 e. The van der Waals surface area contributed by atoms with E-state index in [4.69, 9.17) is 5.26 Å². The van der Waals surface area contributed by atoms with Crippen LogP contribution in [0.5, 0.6) is 0 Å². The maximum atomic E-state index is 13.5. The number of hydrogen-bond donors (Lipinski definition) is 0. The molecule has 0 aliphatic rings. The van der Waals surface area contributed by atoms with Crippen molar-refractivity contribution in [1.82, 2.24) is 4.98 Å². The van der Waals surface area contributed by atoms with E-state index in [1.165, 1.54) is 18.5 Å². The van der Waals surface area contributed by atoms with Gasteiger partial charge in [-0.1, -0.05) is 0 Å². The molecule has 0 radical (unpaired) electrons. The minimum Gasteiger partial charge on any atom is -0.263 e. The first-order chi connectivity index (χ1) is 7.72. The topological polar surface area (TPSA) is 36.7 Å². The van der Waals surface area contributed by atoms with Crippen LogP contribution in [0.2, 0.25) is 0 Å². The Morgan fingerprint density at radius 2 is 1.94 bits per heavy atom. The van der Waals surface area contributed by atoms with E-state index < -0.39 is 11.6 Å². The molecule has 0 fully saturated rings. The van der Waals surface area contributed by atoms with E-state index in [1.54, 1.807) is 0 Å². The minimum atomic E-state index is -0.566. The van der Waals surface area contributed by atoms with Crippen molar-refractivity contribution >= 4 is 0 Å². The lowest BCUT2D eigenvalue weighted by atomic mass is 10.0. The molecule has 4 heteroatoms. The molecule has 0 N–H and O–H groups in total. The summed E-state index contributed by atoms with van der Waals surface area (Å²) in [4.78, 5) is 3.76. The van der Waals surface area contributed by atoms with E-state index >= 15 is 0 Å². The minimum absolute atomic E-state index is 0.0685. The molecule has 2 rings (SSSR count). The third-order valence-corrected chi connectivity index (χ3v) is 2.16. The normalized spacial score (nSPS) is 9.81. The van der Waals surface area contributed by atoms with Crippen LogP contribution in [0.3, 0.4) is 0 Å². The van der Waals surface area contributed by atoms with Crippen molar-refractivity contribution in [3.8, 4) is 17.2 Å². The van der Waals surface area contributed by atoms with Gasteiger partial charge in [-0.15, -0.1) is 0 Å². The summed E-state index contributed by atoms with van der Waals surface area (Å²) in [6.45, 7) is 0. The maximum absolute atomic E-state index is 13.5. The summed E-state index contributed by atoms with van der Waals surface area (Å²) in [6, 6.07) is 6.50. The van der Waals surface area contributed by atoms with Crippen molar-refractivity contribution in [2.75, 3.05) is 0 Å². The van der Waals surface area contributed by atoms with E-state index in [0.717, 1.165) is 18.2 Å². The lowest BCUT2D eigenvalue weighted by Gasteiger charge is -2.04. The van der Waals surface area contributed by atoms with Crippen molar-refractivity contribution in [1.29, 1.82) is 5.26 Å². The number of pyridine rings is 1. The van der Waals surface area contributed by atoms with Crippen molar-refractivity contribution in [2.24, 2.45) is 0 Å². The second-order valence-electron chi connectivity index (χ2n) is 3.16. The summed E-state index contributed by atoms with van der Waals surface area (Å²) in [6.07, 6.45) is 2.75. The Morgan fingerprint density at radius 3 is 2.69 bits per heavy atom. The van der Waals surface area contributed by atoms with Crippen molar-refractivity contribution in [3.05, 3.63) is 53.9 Å².